The fraction of sp³-hybridized carbons (Fsp3) is 0.581. The monoisotopic (exact) mass is 846 g/mol. The minimum Gasteiger partial charge on any atom is -0.506 e. The van der Waals surface area contributed by atoms with Crippen molar-refractivity contribution < 1.29 is 38.3 Å². The molecule has 2 saturated heterocycles. The third-order valence-electron chi connectivity index (χ3n) is 11.6. The molecule has 332 valence electrons. The first-order chi connectivity index (χ1) is 29.9. The number of anilines is 2. The molecule has 3 aliphatic heterocycles. The van der Waals surface area contributed by atoms with Crippen LogP contribution in [0, 0.1) is 0 Å². The Morgan fingerprint density at radius 3 is 2.03 bits per heavy atom. The number of carbonyl (C=O) groups is 1. The number of phenolic OH excluding ortho intramolecular Hbond substituents is 1. The van der Waals surface area contributed by atoms with Gasteiger partial charge >= 0.3 is 0 Å². The van der Waals surface area contributed by atoms with Crippen LogP contribution in [0.2, 0.25) is 0 Å². The van der Waals surface area contributed by atoms with E-state index in [1.165, 1.54) is 24.4 Å². The molecule has 5 heterocycles. The molecule has 7 N–H and O–H groups in total. The molecule has 2 bridgehead atoms. The SMILES string of the molecule is NCCOCCOCCN1C[C@@H]2C[C@H]1CN2CCOCCOCCOCCOCCC(=O)N1CCc2cc(Cn3nc(-c4ccc(O)c(N)c4)c4c(N)ncnc43)ccc2C1. The quantitative estimate of drug-likeness (QED) is 0.0399. The summed E-state index contributed by atoms with van der Waals surface area (Å²) >= 11 is 0. The maximum atomic E-state index is 13.0. The Bertz CT molecular complexity index is 2020. The normalized spacial score (nSPS) is 17.8. The number of phenols is 1. The minimum atomic E-state index is -0.000186. The fourth-order valence-corrected chi connectivity index (χ4v) is 8.36. The van der Waals surface area contributed by atoms with E-state index < -0.39 is 0 Å². The van der Waals surface area contributed by atoms with E-state index in [1.54, 1.807) is 16.8 Å². The van der Waals surface area contributed by atoms with Crippen LogP contribution in [0.5, 0.6) is 5.75 Å². The highest BCUT2D eigenvalue weighted by molar-refractivity contribution is 5.98. The Kier molecular flexibility index (Phi) is 16.5. The number of nitrogen functional groups attached to an aromatic ring is 2. The minimum absolute atomic E-state index is 0.000186. The number of hydrogen-bond donors (Lipinski definition) is 4. The first-order valence-corrected chi connectivity index (χ1v) is 21.5. The number of aromatic hydroxyl groups is 1. The average molecular weight is 847 g/mol. The van der Waals surface area contributed by atoms with Crippen LogP contribution in [0.1, 0.15) is 29.5 Å². The lowest BCUT2D eigenvalue weighted by Crippen LogP contribution is -2.48. The molecule has 3 aliphatic rings. The van der Waals surface area contributed by atoms with Crippen LogP contribution in [-0.4, -0.2) is 176 Å². The zero-order chi connectivity index (χ0) is 42.4. The average Bonchev–Trinajstić information content (AvgIpc) is 3.98. The van der Waals surface area contributed by atoms with Gasteiger partial charge in [-0.05, 0) is 47.7 Å². The van der Waals surface area contributed by atoms with Crippen molar-refractivity contribution in [2.75, 3.05) is 130 Å². The number of hydrogen-bond acceptors (Lipinski definition) is 16. The number of nitrogens with zero attached hydrogens (tertiary/aromatic N) is 7. The Morgan fingerprint density at radius 2 is 1.39 bits per heavy atom. The molecular formula is C43H62N10O8. The van der Waals surface area contributed by atoms with E-state index in [9.17, 15) is 9.90 Å². The molecular weight excluding hydrogens is 785 g/mol. The third kappa shape index (κ3) is 12.1. The molecule has 0 spiro atoms. The van der Waals surface area contributed by atoms with Gasteiger partial charge in [0.2, 0.25) is 5.91 Å². The smallest absolute Gasteiger partial charge is 0.225 e. The van der Waals surface area contributed by atoms with E-state index in [0.29, 0.717) is 145 Å². The van der Waals surface area contributed by atoms with Crippen molar-refractivity contribution in [2.24, 2.45) is 5.73 Å². The van der Waals surface area contributed by atoms with Gasteiger partial charge in [0, 0.05) is 63.5 Å². The number of likely N-dealkylation sites (tertiary alicyclic amines) is 2. The molecule has 7 rings (SSSR count). The van der Waals surface area contributed by atoms with Gasteiger partial charge in [-0.3, -0.25) is 14.6 Å². The summed E-state index contributed by atoms with van der Waals surface area (Å²) in [7, 11) is 0. The van der Waals surface area contributed by atoms with Crippen LogP contribution in [0.25, 0.3) is 22.3 Å². The zero-order valence-electron chi connectivity index (χ0n) is 35.1. The van der Waals surface area contributed by atoms with Crippen LogP contribution in [0.3, 0.4) is 0 Å². The molecule has 2 atom stereocenters. The second-order valence-corrected chi connectivity index (χ2v) is 15.7. The van der Waals surface area contributed by atoms with Crippen molar-refractivity contribution in [3.8, 4) is 17.0 Å². The molecule has 0 aliphatic carbocycles. The molecule has 18 nitrogen and oxygen atoms in total. The molecule has 4 aromatic rings. The van der Waals surface area contributed by atoms with Crippen LogP contribution in [-0.2, 0) is 52.7 Å². The number of fused-ring (bicyclic) bond motifs is 4. The highest BCUT2D eigenvalue weighted by atomic mass is 16.6. The number of carbonyl (C=O) groups excluding carboxylic acids is 1. The second-order valence-electron chi connectivity index (χ2n) is 15.7. The first-order valence-electron chi connectivity index (χ1n) is 21.5. The molecule has 2 aromatic carbocycles. The standard InChI is InChI=1S/C43H62N10O8/c44-7-12-57-16-17-58-13-9-50-28-36-25-35(50)29-51(36)10-14-59-18-20-61-22-21-60-19-15-56-11-6-39(55)52-8-5-32-23-31(1-2-34(32)27-52)26-53-43-40(42(46)47-30-48-43)41(49-53)33-3-4-38(54)37(45)24-33/h1-4,23-24,30,35-36,54H,5-22,25-29,44-45H2,(H2,46,47,48)/t35-,36-/m0/s1. The summed E-state index contributed by atoms with van der Waals surface area (Å²) in [5.41, 5.74) is 23.2. The van der Waals surface area contributed by atoms with E-state index in [1.807, 2.05) is 4.90 Å². The van der Waals surface area contributed by atoms with Gasteiger partial charge in [0.05, 0.1) is 103 Å². The lowest BCUT2D eigenvalue weighted by Gasteiger charge is -2.34. The van der Waals surface area contributed by atoms with Crippen molar-refractivity contribution in [3.05, 3.63) is 59.4 Å². The zero-order valence-corrected chi connectivity index (χ0v) is 35.1. The van der Waals surface area contributed by atoms with Crippen molar-refractivity contribution in [1.82, 2.24) is 34.4 Å². The molecule has 61 heavy (non-hydrogen) atoms. The summed E-state index contributed by atoms with van der Waals surface area (Å²) in [4.78, 5) is 28.7. The van der Waals surface area contributed by atoms with Crippen molar-refractivity contribution in [1.29, 1.82) is 0 Å². The number of nitrogens with two attached hydrogens (primary N) is 3. The molecule has 18 heteroatoms. The lowest BCUT2D eigenvalue weighted by molar-refractivity contribution is -0.133. The highest BCUT2D eigenvalue weighted by Gasteiger charge is 2.42. The van der Waals surface area contributed by atoms with E-state index in [0.717, 1.165) is 50.3 Å². The molecule has 2 aromatic heterocycles. The highest BCUT2D eigenvalue weighted by Crippen LogP contribution is 2.34. The van der Waals surface area contributed by atoms with E-state index >= 15 is 0 Å². The van der Waals surface area contributed by atoms with Crippen molar-refractivity contribution in [3.63, 3.8) is 0 Å². The Hall–Kier alpha value is -4.50. The Labute approximate surface area is 357 Å². The molecule has 1 amide bonds. The first kappa shape index (κ1) is 44.6. The largest absolute Gasteiger partial charge is 0.506 e. The summed E-state index contributed by atoms with van der Waals surface area (Å²) in [6, 6.07) is 12.5. The van der Waals surface area contributed by atoms with E-state index in [-0.39, 0.29) is 17.3 Å². The van der Waals surface area contributed by atoms with E-state index in [2.05, 4.69) is 38.0 Å². The molecule has 0 saturated carbocycles. The second kappa shape index (κ2) is 22.6. The predicted octanol–water partition coefficient (Wildman–Crippen LogP) is 1.50. The number of piperazine rings is 1. The van der Waals surface area contributed by atoms with Crippen molar-refractivity contribution in [2.45, 2.75) is 44.4 Å². The number of rotatable bonds is 26. The number of ether oxygens (including phenoxy) is 6. The number of aromatic nitrogens is 4. The Balaban J connectivity index is 0.704. The summed E-state index contributed by atoms with van der Waals surface area (Å²) in [6.07, 6.45) is 3.74. The number of benzene rings is 2. The van der Waals surface area contributed by atoms with Gasteiger partial charge < -0.3 is 55.6 Å². The topological polar surface area (TPSA) is 224 Å². The van der Waals surface area contributed by atoms with Gasteiger partial charge in [-0.25, -0.2) is 14.6 Å². The molecule has 2 fully saturated rings. The van der Waals surface area contributed by atoms with Crippen LogP contribution in [0.4, 0.5) is 11.5 Å². The van der Waals surface area contributed by atoms with Gasteiger partial charge in [0.15, 0.2) is 5.65 Å². The van der Waals surface area contributed by atoms with Gasteiger partial charge in [0.1, 0.15) is 23.6 Å². The van der Waals surface area contributed by atoms with Crippen molar-refractivity contribution >= 4 is 28.4 Å². The maximum Gasteiger partial charge on any atom is 0.225 e. The predicted molar refractivity (Wildman–Crippen MR) is 230 cm³/mol. The third-order valence-corrected chi connectivity index (χ3v) is 11.6. The molecule has 0 unspecified atom stereocenters. The lowest BCUT2D eigenvalue weighted by atomic mass is 9.97. The fourth-order valence-electron chi connectivity index (χ4n) is 8.36. The van der Waals surface area contributed by atoms with E-state index in [4.69, 9.17) is 50.7 Å². The number of amides is 1. The summed E-state index contributed by atoms with van der Waals surface area (Å²) < 4.78 is 35.7. The van der Waals surface area contributed by atoms with Gasteiger partial charge in [0.25, 0.3) is 0 Å². The summed E-state index contributed by atoms with van der Waals surface area (Å²) in [6.45, 7) is 12.9. The van der Waals surface area contributed by atoms with Gasteiger partial charge in [-0.1, -0.05) is 18.2 Å². The van der Waals surface area contributed by atoms with Crippen LogP contribution in [0.15, 0.2) is 42.7 Å². The maximum absolute atomic E-state index is 13.0. The van der Waals surface area contributed by atoms with Gasteiger partial charge in [-0.15, -0.1) is 0 Å². The summed E-state index contributed by atoms with van der Waals surface area (Å²) in [5.74, 6) is 0.389. The van der Waals surface area contributed by atoms with Crippen LogP contribution >= 0.6 is 0 Å². The van der Waals surface area contributed by atoms with Crippen LogP contribution < -0.4 is 17.2 Å². The Morgan fingerprint density at radius 1 is 0.754 bits per heavy atom. The molecule has 0 radical (unpaired) electrons. The van der Waals surface area contributed by atoms with Gasteiger partial charge in [-0.2, -0.15) is 5.10 Å². The summed E-state index contributed by atoms with van der Waals surface area (Å²) in [5, 5.41) is 15.4.